The summed E-state index contributed by atoms with van der Waals surface area (Å²) in [6.45, 7) is 1.40. The summed E-state index contributed by atoms with van der Waals surface area (Å²) < 4.78 is 21.7. The number of nitrogens with zero attached hydrogens (tertiary/aromatic N) is 8. The average molecular weight is 515 g/mol. The predicted molar refractivity (Wildman–Crippen MR) is 145 cm³/mol. The molecule has 0 unspecified atom stereocenters. The lowest BCUT2D eigenvalue weighted by atomic mass is 9.97. The van der Waals surface area contributed by atoms with E-state index in [1.54, 1.807) is 15.4 Å². The number of aromatic nitrogens is 5. The first-order valence-electron chi connectivity index (χ1n) is 12.8. The highest BCUT2D eigenvalue weighted by atomic mass is 32.2. The van der Waals surface area contributed by atoms with E-state index in [1.807, 2.05) is 44.0 Å². The highest BCUT2D eigenvalue weighted by Crippen LogP contribution is 2.32. The molecule has 2 fully saturated rings. The van der Waals surface area contributed by atoms with Crippen molar-refractivity contribution in [1.29, 1.82) is 5.26 Å². The molecule has 37 heavy (non-hydrogen) atoms. The first kappa shape index (κ1) is 23.7. The summed E-state index contributed by atoms with van der Waals surface area (Å²) in [6.07, 6.45) is 15.0. The standard InChI is InChI=1S/C27H30N8OS/c1-33-18-23(17-30-33)21-13-25(27-22(14-28)16-31-35(27)19-21)20-7-8-26(29-15-20)34-9-11-37(36,12-10-34)32-24-5-3-2-4-6-24/h7-8,13,15-19,24H,2-6,9-12H2,1H3. The Hall–Kier alpha value is -3.71. The van der Waals surface area contributed by atoms with Gasteiger partial charge in [0, 0.05) is 72.5 Å². The van der Waals surface area contributed by atoms with Crippen LogP contribution in [0.3, 0.4) is 0 Å². The fraction of sp³-hybridized carbons (Fsp3) is 0.407. The molecule has 0 radical (unpaired) electrons. The van der Waals surface area contributed by atoms with E-state index in [-0.39, 0.29) is 6.04 Å². The topological polar surface area (TPSA) is 104 Å². The summed E-state index contributed by atoms with van der Waals surface area (Å²) in [5, 5.41) is 18.4. The maximum Gasteiger partial charge on any atom is 0.128 e. The smallest absolute Gasteiger partial charge is 0.128 e. The lowest BCUT2D eigenvalue weighted by Gasteiger charge is -2.31. The highest BCUT2D eigenvalue weighted by molar-refractivity contribution is 7.93. The molecule has 190 valence electrons. The van der Waals surface area contributed by atoms with Gasteiger partial charge in [0.2, 0.25) is 0 Å². The lowest BCUT2D eigenvalue weighted by Crippen LogP contribution is -2.41. The van der Waals surface area contributed by atoms with Crippen molar-refractivity contribution in [1.82, 2.24) is 24.4 Å². The van der Waals surface area contributed by atoms with Crippen molar-refractivity contribution in [3.63, 3.8) is 0 Å². The molecular formula is C27H30N8OS. The van der Waals surface area contributed by atoms with Crippen LogP contribution < -0.4 is 4.90 Å². The third kappa shape index (κ3) is 4.71. The van der Waals surface area contributed by atoms with E-state index in [1.165, 1.54) is 19.3 Å². The van der Waals surface area contributed by atoms with Crippen molar-refractivity contribution in [2.45, 2.75) is 38.1 Å². The van der Waals surface area contributed by atoms with Gasteiger partial charge in [-0.05, 0) is 31.0 Å². The van der Waals surface area contributed by atoms with Gasteiger partial charge in [-0.15, -0.1) is 0 Å². The van der Waals surface area contributed by atoms with Crippen LogP contribution in [0.15, 0.2) is 53.5 Å². The number of pyridine rings is 2. The van der Waals surface area contributed by atoms with Crippen molar-refractivity contribution in [3.8, 4) is 28.3 Å². The van der Waals surface area contributed by atoms with Crippen LogP contribution in [0.1, 0.15) is 37.7 Å². The van der Waals surface area contributed by atoms with Crippen LogP contribution >= 0.6 is 0 Å². The van der Waals surface area contributed by atoms with Gasteiger partial charge in [0.05, 0.1) is 39.2 Å². The van der Waals surface area contributed by atoms with E-state index in [9.17, 15) is 9.47 Å². The Morgan fingerprint density at radius 3 is 2.49 bits per heavy atom. The third-order valence-corrected chi connectivity index (χ3v) is 9.75. The summed E-state index contributed by atoms with van der Waals surface area (Å²) >= 11 is 0. The van der Waals surface area contributed by atoms with Crippen LogP contribution in [0, 0.1) is 11.3 Å². The second kappa shape index (κ2) is 9.63. The fourth-order valence-corrected chi connectivity index (χ4v) is 7.58. The molecule has 0 amide bonds. The summed E-state index contributed by atoms with van der Waals surface area (Å²) in [5.41, 5.74) is 5.00. The lowest BCUT2D eigenvalue weighted by molar-refractivity contribution is 0.444. The van der Waals surface area contributed by atoms with E-state index < -0.39 is 9.73 Å². The van der Waals surface area contributed by atoms with Gasteiger partial charge >= 0.3 is 0 Å². The summed E-state index contributed by atoms with van der Waals surface area (Å²) in [7, 11) is -0.243. The summed E-state index contributed by atoms with van der Waals surface area (Å²) in [5.74, 6) is 2.07. The molecule has 1 aliphatic carbocycles. The maximum atomic E-state index is 13.3. The molecule has 4 aromatic rings. The molecule has 5 heterocycles. The third-order valence-electron chi connectivity index (χ3n) is 7.43. The molecule has 2 aliphatic rings. The number of hydrogen-bond acceptors (Lipinski definition) is 7. The van der Waals surface area contributed by atoms with Crippen molar-refractivity contribution in [2.75, 3.05) is 29.5 Å². The molecule has 0 spiro atoms. The van der Waals surface area contributed by atoms with Crippen LogP contribution in [0.25, 0.3) is 27.8 Å². The number of anilines is 1. The first-order valence-corrected chi connectivity index (χ1v) is 14.7. The van der Waals surface area contributed by atoms with Crippen LogP contribution in [0.5, 0.6) is 0 Å². The minimum Gasteiger partial charge on any atom is -0.355 e. The second-order valence-electron chi connectivity index (χ2n) is 9.98. The number of fused-ring (bicyclic) bond motifs is 1. The van der Waals surface area contributed by atoms with Gasteiger partial charge in [0.15, 0.2) is 0 Å². The van der Waals surface area contributed by atoms with Gasteiger partial charge in [0.1, 0.15) is 11.9 Å². The zero-order valence-corrected chi connectivity index (χ0v) is 21.8. The molecule has 1 aliphatic heterocycles. The van der Waals surface area contributed by atoms with Crippen molar-refractivity contribution in [2.24, 2.45) is 11.4 Å². The Morgan fingerprint density at radius 1 is 1.00 bits per heavy atom. The van der Waals surface area contributed by atoms with Gasteiger partial charge in [-0.25, -0.2) is 18.1 Å². The minimum absolute atomic E-state index is 0.284. The van der Waals surface area contributed by atoms with Crippen molar-refractivity contribution >= 4 is 21.1 Å². The van der Waals surface area contributed by atoms with Crippen LogP contribution in [-0.4, -0.2) is 59.2 Å². The number of nitriles is 1. The molecular weight excluding hydrogens is 484 g/mol. The van der Waals surface area contributed by atoms with E-state index in [0.717, 1.165) is 46.4 Å². The van der Waals surface area contributed by atoms with Crippen LogP contribution in [0.2, 0.25) is 0 Å². The number of hydrogen-bond donors (Lipinski definition) is 0. The monoisotopic (exact) mass is 514 g/mol. The zero-order chi connectivity index (χ0) is 25.4. The molecule has 6 rings (SSSR count). The molecule has 0 N–H and O–H groups in total. The quantitative estimate of drug-likeness (QED) is 0.402. The Morgan fingerprint density at radius 2 is 1.81 bits per heavy atom. The first-order chi connectivity index (χ1) is 18.0. The normalized spacial score (nSPS) is 18.1. The fourth-order valence-electron chi connectivity index (χ4n) is 5.40. The Bertz CT molecular complexity index is 1580. The summed E-state index contributed by atoms with van der Waals surface area (Å²) in [4.78, 5) is 6.97. The van der Waals surface area contributed by atoms with E-state index in [0.29, 0.717) is 30.2 Å². The Balaban J connectivity index is 1.27. The number of rotatable bonds is 4. The minimum atomic E-state index is -2.13. The molecule has 1 saturated heterocycles. The second-order valence-corrected chi connectivity index (χ2v) is 12.6. The van der Waals surface area contributed by atoms with Gasteiger partial charge in [-0.3, -0.25) is 4.68 Å². The van der Waals surface area contributed by atoms with Gasteiger partial charge < -0.3 is 4.90 Å². The average Bonchev–Trinajstić information content (AvgIpc) is 3.55. The molecule has 1 saturated carbocycles. The van der Waals surface area contributed by atoms with Gasteiger partial charge in [-0.2, -0.15) is 15.5 Å². The van der Waals surface area contributed by atoms with Crippen LogP contribution in [-0.2, 0) is 16.8 Å². The maximum absolute atomic E-state index is 13.3. The summed E-state index contributed by atoms with van der Waals surface area (Å²) in [6, 6.07) is 8.66. The van der Waals surface area contributed by atoms with Gasteiger partial charge in [0.25, 0.3) is 0 Å². The van der Waals surface area contributed by atoms with Crippen molar-refractivity contribution in [3.05, 3.63) is 54.7 Å². The van der Waals surface area contributed by atoms with E-state index in [2.05, 4.69) is 27.2 Å². The number of aryl methyl sites for hydroxylation is 1. The molecule has 4 aromatic heterocycles. The molecule has 9 nitrogen and oxygen atoms in total. The largest absolute Gasteiger partial charge is 0.355 e. The van der Waals surface area contributed by atoms with E-state index >= 15 is 0 Å². The van der Waals surface area contributed by atoms with Gasteiger partial charge in [-0.1, -0.05) is 19.3 Å². The Kier molecular flexibility index (Phi) is 6.16. The van der Waals surface area contributed by atoms with Crippen molar-refractivity contribution < 1.29 is 4.21 Å². The molecule has 10 heteroatoms. The Labute approximate surface area is 216 Å². The van der Waals surface area contributed by atoms with Crippen LogP contribution in [0.4, 0.5) is 5.82 Å². The van der Waals surface area contributed by atoms with E-state index in [4.69, 9.17) is 9.35 Å². The SMILES string of the molecule is Cn1cc(-c2cc(-c3ccc(N4CCS(=O)(=NC5CCCCC5)CC4)nc3)c3c(C#N)cnn3c2)cn1. The zero-order valence-electron chi connectivity index (χ0n) is 21.0. The molecule has 0 bridgehead atoms. The predicted octanol–water partition coefficient (Wildman–Crippen LogP) is 4.29. The molecule has 0 aromatic carbocycles. The highest BCUT2D eigenvalue weighted by Gasteiger charge is 2.24. The molecule has 0 atom stereocenters.